The minimum atomic E-state index is -0.190. The van der Waals surface area contributed by atoms with Gasteiger partial charge in [-0.1, -0.05) is 0 Å². The van der Waals surface area contributed by atoms with Gasteiger partial charge in [0.25, 0.3) is 0 Å². The van der Waals surface area contributed by atoms with Gasteiger partial charge in [0.1, 0.15) is 5.76 Å². The first-order chi connectivity index (χ1) is 9.58. The van der Waals surface area contributed by atoms with Gasteiger partial charge in [0.2, 0.25) is 11.8 Å². The molecule has 6 nitrogen and oxygen atoms in total. The number of nitrogens with zero attached hydrogens (tertiary/aromatic N) is 1. The molecule has 2 atom stereocenters. The van der Waals surface area contributed by atoms with Crippen LogP contribution in [0.4, 0.5) is 0 Å². The fourth-order valence-corrected chi connectivity index (χ4v) is 2.03. The van der Waals surface area contributed by atoms with Gasteiger partial charge in [-0.15, -0.1) is 0 Å². The van der Waals surface area contributed by atoms with Gasteiger partial charge >= 0.3 is 0 Å². The smallest absolute Gasteiger partial charge is 0.224 e. The molecule has 0 saturated heterocycles. The molecule has 2 amide bonds. The second kappa shape index (κ2) is 6.56. The summed E-state index contributed by atoms with van der Waals surface area (Å²) in [5.74, 6) is 0.253. The number of carbonyl (C=O) groups is 2. The van der Waals surface area contributed by atoms with Crippen LogP contribution in [0.2, 0.25) is 0 Å². The Morgan fingerprint density at radius 2 is 2.00 bits per heavy atom. The lowest BCUT2D eigenvalue weighted by molar-refractivity contribution is -0.127. The lowest BCUT2D eigenvalue weighted by Crippen LogP contribution is -2.34. The molecule has 1 aliphatic rings. The highest BCUT2D eigenvalue weighted by atomic mass is 16.3. The zero-order chi connectivity index (χ0) is 14.5. The summed E-state index contributed by atoms with van der Waals surface area (Å²) in [6.07, 6.45) is 2.21. The van der Waals surface area contributed by atoms with Crippen molar-refractivity contribution in [3.05, 3.63) is 24.2 Å². The van der Waals surface area contributed by atoms with Crippen LogP contribution in [0.3, 0.4) is 0 Å². The van der Waals surface area contributed by atoms with E-state index in [9.17, 15) is 9.59 Å². The van der Waals surface area contributed by atoms with Crippen molar-refractivity contribution in [1.82, 2.24) is 15.5 Å². The molecule has 0 aliphatic heterocycles. The van der Waals surface area contributed by atoms with Crippen LogP contribution in [0.1, 0.15) is 12.2 Å². The van der Waals surface area contributed by atoms with Crippen LogP contribution in [0.25, 0.3) is 0 Å². The van der Waals surface area contributed by atoms with Gasteiger partial charge in [-0.05, 0) is 32.6 Å². The van der Waals surface area contributed by atoms with Crippen molar-refractivity contribution in [2.75, 3.05) is 27.2 Å². The number of furan rings is 1. The van der Waals surface area contributed by atoms with Gasteiger partial charge in [0, 0.05) is 13.1 Å². The second-order valence-electron chi connectivity index (χ2n) is 5.34. The number of hydrogen-bond donors (Lipinski definition) is 2. The summed E-state index contributed by atoms with van der Waals surface area (Å²) in [4.78, 5) is 25.7. The van der Waals surface area contributed by atoms with Gasteiger partial charge in [-0.3, -0.25) is 9.59 Å². The number of carbonyl (C=O) groups excluding carboxylic acids is 2. The topological polar surface area (TPSA) is 74.6 Å². The van der Waals surface area contributed by atoms with Crippen molar-refractivity contribution in [3.8, 4) is 0 Å². The molecule has 2 N–H and O–H groups in total. The van der Waals surface area contributed by atoms with Crippen molar-refractivity contribution >= 4 is 11.8 Å². The SMILES string of the molecule is CN(C)CCNC(=O)C1CC1C(=O)NCc1ccco1. The lowest BCUT2D eigenvalue weighted by atomic mass is 10.2. The summed E-state index contributed by atoms with van der Waals surface area (Å²) in [5.41, 5.74) is 0. The Morgan fingerprint density at radius 3 is 2.60 bits per heavy atom. The highest BCUT2D eigenvalue weighted by Crippen LogP contribution is 2.38. The number of hydrogen-bond acceptors (Lipinski definition) is 4. The summed E-state index contributed by atoms with van der Waals surface area (Å²) in [6, 6.07) is 3.58. The highest BCUT2D eigenvalue weighted by molar-refractivity contribution is 5.92. The molecule has 1 aromatic rings. The predicted molar refractivity (Wildman–Crippen MR) is 73.7 cm³/mol. The van der Waals surface area contributed by atoms with E-state index in [4.69, 9.17) is 4.42 Å². The van der Waals surface area contributed by atoms with Gasteiger partial charge in [0.05, 0.1) is 24.6 Å². The summed E-state index contributed by atoms with van der Waals surface area (Å²) in [6.45, 7) is 1.79. The maximum Gasteiger partial charge on any atom is 0.224 e. The van der Waals surface area contributed by atoms with Crippen molar-refractivity contribution in [2.45, 2.75) is 13.0 Å². The molecular weight excluding hydrogens is 258 g/mol. The largest absolute Gasteiger partial charge is 0.467 e. The molecule has 6 heteroatoms. The van der Waals surface area contributed by atoms with E-state index in [2.05, 4.69) is 10.6 Å². The first kappa shape index (κ1) is 14.6. The minimum absolute atomic E-state index is 0.0231. The van der Waals surface area contributed by atoms with Crippen LogP contribution < -0.4 is 10.6 Å². The second-order valence-corrected chi connectivity index (χ2v) is 5.34. The molecular formula is C14H21N3O3. The van der Waals surface area contributed by atoms with Crippen LogP contribution in [0, 0.1) is 11.8 Å². The molecule has 2 unspecified atom stereocenters. The van der Waals surface area contributed by atoms with Crippen LogP contribution in [0.5, 0.6) is 0 Å². The summed E-state index contributed by atoms with van der Waals surface area (Å²) < 4.78 is 5.14. The third kappa shape index (κ3) is 4.09. The molecule has 2 rings (SSSR count). The van der Waals surface area contributed by atoms with E-state index in [1.165, 1.54) is 0 Å². The molecule has 1 aromatic heterocycles. The fourth-order valence-electron chi connectivity index (χ4n) is 2.03. The fraction of sp³-hybridized carbons (Fsp3) is 0.571. The van der Waals surface area contributed by atoms with Crippen molar-refractivity contribution in [1.29, 1.82) is 0 Å². The van der Waals surface area contributed by atoms with Gasteiger partial charge in [-0.25, -0.2) is 0 Å². The number of amides is 2. The normalized spacial score (nSPS) is 20.8. The van der Waals surface area contributed by atoms with E-state index in [1.54, 1.807) is 18.4 Å². The zero-order valence-electron chi connectivity index (χ0n) is 11.9. The average molecular weight is 279 g/mol. The predicted octanol–water partition coefficient (Wildman–Crippen LogP) is 0.210. The molecule has 110 valence electrons. The van der Waals surface area contributed by atoms with E-state index in [1.807, 2.05) is 19.0 Å². The van der Waals surface area contributed by atoms with E-state index < -0.39 is 0 Å². The molecule has 0 aromatic carbocycles. The molecule has 20 heavy (non-hydrogen) atoms. The van der Waals surface area contributed by atoms with E-state index in [-0.39, 0.29) is 23.7 Å². The first-order valence-corrected chi connectivity index (χ1v) is 6.80. The molecule has 1 saturated carbocycles. The summed E-state index contributed by atoms with van der Waals surface area (Å²) in [5, 5.41) is 5.64. The van der Waals surface area contributed by atoms with Crippen LogP contribution >= 0.6 is 0 Å². The number of likely N-dealkylation sites (N-methyl/N-ethyl adjacent to an activating group) is 1. The third-order valence-electron chi connectivity index (χ3n) is 3.34. The summed E-state index contributed by atoms with van der Waals surface area (Å²) >= 11 is 0. The zero-order valence-corrected chi connectivity index (χ0v) is 11.9. The molecule has 0 spiro atoms. The van der Waals surface area contributed by atoms with Crippen molar-refractivity contribution in [2.24, 2.45) is 11.8 Å². The lowest BCUT2D eigenvalue weighted by Gasteiger charge is -2.10. The maximum atomic E-state index is 11.9. The molecule has 0 radical (unpaired) electrons. The molecule has 1 fully saturated rings. The standard InChI is InChI=1S/C14H21N3O3/c1-17(2)6-5-15-13(18)11-8-12(11)14(19)16-9-10-4-3-7-20-10/h3-4,7,11-12H,5-6,8-9H2,1-2H3,(H,15,18)(H,16,19). The Hall–Kier alpha value is -1.82. The summed E-state index contributed by atoms with van der Waals surface area (Å²) in [7, 11) is 3.91. The van der Waals surface area contributed by atoms with E-state index >= 15 is 0 Å². The Kier molecular flexibility index (Phi) is 4.79. The Balaban J connectivity index is 1.65. The van der Waals surface area contributed by atoms with Gasteiger partial charge in [0.15, 0.2) is 0 Å². The maximum absolute atomic E-state index is 11.9. The highest BCUT2D eigenvalue weighted by Gasteiger charge is 2.47. The quantitative estimate of drug-likeness (QED) is 0.748. The average Bonchev–Trinajstić information content (AvgIpc) is 3.04. The van der Waals surface area contributed by atoms with Gasteiger partial charge in [-0.2, -0.15) is 0 Å². The van der Waals surface area contributed by atoms with Crippen molar-refractivity contribution < 1.29 is 14.0 Å². The molecule has 1 heterocycles. The van der Waals surface area contributed by atoms with E-state index in [0.29, 0.717) is 25.3 Å². The molecule has 0 bridgehead atoms. The van der Waals surface area contributed by atoms with Gasteiger partial charge < -0.3 is 20.0 Å². The Morgan fingerprint density at radius 1 is 1.30 bits per heavy atom. The van der Waals surface area contributed by atoms with Crippen LogP contribution in [0.15, 0.2) is 22.8 Å². The van der Waals surface area contributed by atoms with Crippen molar-refractivity contribution in [3.63, 3.8) is 0 Å². The van der Waals surface area contributed by atoms with Crippen LogP contribution in [-0.4, -0.2) is 43.9 Å². The minimum Gasteiger partial charge on any atom is -0.467 e. The number of nitrogens with one attached hydrogen (secondary N) is 2. The first-order valence-electron chi connectivity index (χ1n) is 6.80. The number of rotatable bonds is 7. The monoisotopic (exact) mass is 279 g/mol. The van der Waals surface area contributed by atoms with Crippen LogP contribution in [-0.2, 0) is 16.1 Å². The Labute approximate surface area is 118 Å². The van der Waals surface area contributed by atoms with E-state index in [0.717, 1.165) is 6.54 Å². The third-order valence-corrected chi connectivity index (χ3v) is 3.34. The Bertz CT molecular complexity index is 456. The molecule has 1 aliphatic carbocycles.